The number of thiazole rings is 1. The van der Waals surface area contributed by atoms with Gasteiger partial charge in [-0.2, -0.15) is 5.26 Å². The van der Waals surface area contributed by atoms with Crippen LogP contribution in [0.4, 0.5) is 20.9 Å². The average molecular weight is 502 g/mol. The zero-order valence-electron chi connectivity index (χ0n) is 19.7. The number of anilines is 3. The van der Waals surface area contributed by atoms with Crippen LogP contribution in [0.5, 0.6) is 0 Å². The van der Waals surface area contributed by atoms with E-state index in [1.165, 1.54) is 23.5 Å². The van der Waals surface area contributed by atoms with Gasteiger partial charge in [0.1, 0.15) is 22.5 Å². The maximum Gasteiger partial charge on any atom is 0.258 e. The van der Waals surface area contributed by atoms with Crippen molar-refractivity contribution >= 4 is 38.6 Å². The van der Waals surface area contributed by atoms with Gasteiger partial charge < -0.3 is 19.5 Å². The van der Waals surface area contributed by atoms with Crippen molar-refractivity contribution in [2.24, 2.45) is 0 Å². The van der Waals surface area contributed by atoms with E-state index in [-0.39, 0.29) is 23.5 Å². The summed E-state index contributed by atoms with van der Waals surface area (Å²) in [5, 5.41) is 21.8. The van der Waals surface area contributed by atoms with Crippen LogP contribution in [0.1, 0.15) is 30.2 Å². The summed E-state index contributed by atoms with van der Waals surface area (Å²) in [6, 6.07) is 14.2. The van der Waals surface area contributed by atoms with Crippen molar-refractivity contribution < 1.29 is 9.50 Å². The van der Waals surface area contributed by atoms with E-state index in [1.54, 1.807) is 12.1 Å². The average Bonchev–Trinajstić information content (AvgIpc) is 3.49. The summed E-state index contributed by atoms with van der Waals surface area (Å²) in [6.07, 6.45) is 4.22. The Bertz CT molecular complexity index is 1570. The zero-order valence-corrected chi connectivity index (χ0v) is 20.5. The predicted octanol–water partition coefficient (Wildman–Crippen LogP) is 4.81. The summed E-state index contributed by atoms with van der Waals surface area (Å²) in [6.45, 7) is 1.32. The topological polar surface area (TPSA) is 85.4 Å². The highest BCUT2D eigenvalue weighted by molar-refractivity contribution is 7.16. The summed E-state index contributed by atoms with van der Waals surface area (Å²) in [5.41, 5.74) is 2.95. The lowest BCUT2D eigenvalue weighted by atomic mass is 10.1. The first-order chi connectivity index (χ1) is 17.4. The number of pyridine rings is 1. The fourth-order valence-corrected chi connectivity index (χ4v) is 5.69. The molecular formula is C27H24FN5O2S. The number of aliphatic hydroxyl groups is 1. The van der Waals surface area contributed by atoms with Gasteiger partial charge in [-0.15, -0.1) is 0 Å². The molecule has 2 aromatic carbocycles. The van der Waals surface area contributed by atoms with E-state index in [9.17, 15) is 19.6 Å². The van der Waals surface area contributed by atoms with Crippen LogP contribution in [0, 0.1) is 17.1 Å². The first-order valence-corrected chi connectivity index (χ1v) is 12.8. The van der Waals surface area contributed by atoms with E-state index in [0.29, 0.717) is 33.2 Å². The van der Waals surface area contributed by atoms with Crippen molar-refractivity contribution in [3.05, 3.63) is 69.7 Å². The normalized spacial score (nSPS) is 17.5. The van der Waals surface area contributed by atoms with E-state index in [0.717, 1.165) is 42.6 Å². The Hall–Kier alpha value is -3.74. The molecule has 0 spiro atoms. The molecule has 1 saturated heterocycles. The molecule has 1 aliphatic carbocycles. The van der Waals surface area contributed by atoms with Gasteiger partial charge in [0.15, 0.2) is 5.13 Å². The Balaban J connectivity index is 1.49. The second-order valence-electron chi connectivity index (χ2n) is 9.43. The maximum absolute atomic E-state index is 13.5. The summed E-state index contributed by atoms with van der Waals surface area (Å²) in [4.78, 5) is 22.6. The third-order valence-corrected chi connectivity index (χ3v) is 7.99. The molecule has 0 amide bonds. The number of hydrogen-bond donors (Lipinski definition) is 1. The van der Waals surface area contributed by atoms with Crippen molar-refractivity contribution in [1.82, 2.24) is 9.55 Å². The number of β-amino-alcohol motifs (C(OH)–C–C–N with tert-alkyl or cyclic N) is 1. The molecule has 0 radical (unpaired) electrons. The number of benzene rings is 2. The molecule has 1 aliphatic heterocycles. The van der Waals surface area contributed by atoms with Gasteiger partial charge >= 0.3 is 0 Å². The number of aromatic nitrogens is 2. The van der Waals surface area contributed by atoms with E-state index < -0.39 is 0 Å². The smallest absolute Gasteiger partial charge is 0.258 e. The van der Waals surface area contributed by atoms with Crippen molar-refractivity contribution in [2.45, 2.75) is 31.4 Å². The van der Waals surface area contributed by atoms with Gasteiger partial charge in [-0.3, -0.25) is 4.79 Å². The molecule has 182 valence electrons. The lowest BCUT2D eigenvalue weighted by Gasteiger charge is -2.23. The van der Waals surface area contributed by atoms with Crippen LogP contribution >= 0.6 is 11.3 Å². The standard InChI is InChI=1S/C27H24FN5O2S/c1-31(27-30-25(24(13-29)36-27)16-2-4-17(28)5-3-16)23-15-33(18-6-7-18)26(35)21-9-8-19(12-22(21)23)32-11-10-20(34)14-32/h2-5,8-9,12,15,18,20,34H,6-7,10-11,14H2,1H3. The van der Waals surface area contributed by atoms with Crippen LogP contribution in [0.3, 0.4) is 0 Å². The van der Waals surface area contributed by atoms with Gasteiger partial charge in [0.05, 0.1) is 11.8 Å². The Morgan fingerprint density at radius 1 is 1.17 bits per heavy atom. The second-order valence-corrected chi connectivity index (χ2v) is 10.4. The summed E-state index contributed by atoms with van der Waals surface area (Å²) in [5.74, 6) is -0.347. The van der Waals surface area contributed by atoms with Crippen LogP contribution < -0.4 is 15.4 Å². The van der Waals surface area contributed by atoms with Crippen LogP contribution in [-0.4, -0.2) is 40.9 Å². The molecule has 9 heteroatoms. The second kappa shape index (κ2) is 8.73. The molecule has 2 aromatic heterocycles. The van der Waals surface area contributed by atoms with Gasteiger partial charge in [-0.1, -0.05) is 11.3 Å². The van der Waals surface area contributed by atoms with Crippen LogP contribution in [-0.2, 0) is 0 Å². The number of aliphatic hydroxyl groups excluding tert-OH is 1. The number of halogens is 1. The van der Waals surface area contributed by atoms with Gasteiger partial charge in [0.25, 0.3) is 5.56 Å². The summed E-state index contributed by atoms with van der Waals surface area (Å²) < 4.78 is 15.3. The van der Waals surface area contributed by atoms with Crippen LogP contribution in [0.15, 0.2) is 53.5 Å². The lowest BCUT2D eigenvalue weighted by molar-refractivity contribution is 0.198. The molecule has 2 fully saturated rings. The number of nitrogens with zero attached hydrogens (tertiary/aromatic N) is 5. The Labute approximate surface area is 211 Å². The fourth-order valence-electron chi connectivity index (χ4n) is 4.83. The molecule has 36 heavy (non-hydrogen) atoms. The minimum atomic E-state index is -0.352. The zero-order chi connectivity index (χ0) is 25.0. The molecule has 1 unspecified atom stereocenters. The Morgan fingerprint density at radius 3 is 2.61 bits per heavy atom. The van der Waals surface area contributed by atoms with Crippen molar-refractivity contribution in [3.8, 4) is 17.3 Å². The predicted molar refractivity (Wildman–Crippen MR) is 140 cm³/mol. The quantitative estimate of drug-likeness (QED) is 0.423. The van der Waals surface area contributed by atoms with E-state index in [4.69, 9.17) is 4.98 Å². The van der Waals surface area contributed by atoms with E-state index in [2.05, 4.69) is 11.0 Å². The molecule has 6 rings (SSSR count). The minimum Gasteiger partial charge on any atom is -0.391 e. The Kier molecular flexibility index (Phi) is 5.51. The third-order valence-electron chi connectivity index (χ3n) is 6.96. The van der Waals surface area contributed by atoms with E-state index in [1.807, 2.05) is 40.9 Å². The monoisotopic (exact) mass is 501 g/mol. The molecule has 1 atom stereocenters. The van der Waals surface area contributed by atoms with Crippen molar-refractivity contribution in [3.63, 3.8) is 0 Å². The molecule has 0 bridgehead atoms. The third kappa shape index (κ3) is 3.92. The minimum absolute atomic E-state index is 0.0125. The number of fused-ring (bicyclic) bond motifs is 1. The van der Waals surface area contributed by atoms with Gasteiger partial charge in [-0.05, 0) is 61.7 Å². The highest BCUT2D eigenvalue weighted by Gasteiger charge is 2.28. The molecule has 1 N–H and O–H groups in total. The molecular weight excluding hydrogens is 477 g/mol. The van der Waals surface area contributed by atoms with Crippen molar-refractivity contribution in [1.29, 1.82) is 5.26 Å². The first-order valence-electron chi connectivity index (χ1n) is 12.0. The largest absolute Gasteiger partial charge is 0.391 e. The van der Waals surface area contributed by atoms with Gasteiger partial charge in [0.2, 0.25) is 0 Å². The number of hydrogen-bond acceptors (Lipinski definition) is 7. The fraction of sp³-hybridized carbons (Fsp3) is 0.296. The van der Waals surface area contributed by atoms with Gasteiger partial charge in [0, 0.05) is 54.4 Å². The lowest BCUT2D eigenvalue weighted by Crippen LogP contribution is -2.23. The molecule has 2 aliphatic rings. The van der Waals surface area contributed by atoms with Crippen molar-refractivity contribution in [2.75, 3.05) is 29.9 Å². The number of nitriles is 1. The number of rotatable bonds is 5. The van der Waals surface area contributed by atoms with Gasteiger partial charge in [-0.25, -0.2) is 9.37 Å². The van der Waals surface area contributed by atoms with Crippen LogP contribution in [0.2, 0.25) is 0 Å². The molecule has 1 saturated carbocycles. The highest BCUT2D eigenvalue weighted by atomic mass is 32.1. The van der Waals surface area contributed by atoms with E-state index >= 15 is 0 Å². The molecule has 3 heterocycles. The Morgan fingerprint density at radius 2 is 1.94 bits per heavy atom. The highest BCUT2D eigenvalue weighted by Crippen LogP contribution is 2.40. The first kappa shape index (κ1) is 22.7. The summed E-state index contributed by atoms with van der Waals surface area (Å²) in [7, 11) is 1.89. The SMILES string of the molecule is CN(c1nc(-c2ccc(F)cc2)c(C#N)s1)c1cn(C2CC2)c(=O)c2ccc(N3CCC(O)C3)cc12. The molecule has 7 nitrogen and oxygen atoms in total. The van der Waals surface area contributed by atoms with Crippen LogP contribution in [0.25, 0.3) is 22.0 Å². The summed E-state index contributed by atoms with van der Waals surface area (Å²) >= 11 is 1.26. The molecule has 4 aromatic rings. The maximum atomic E-state index is 13.5.